The maximum atomic E-state index is 5.87. The van der Waals surface area contributed by atoms with Gasteiger partial charge >= 0.3 is 0 Å². The summed E-state index contributed by atoms with van der Waals surface area (Å²) in [4.78, 5) is 4.12. The first kappa shape index (κ1) is 10.4. The number of hydrogen-bond acceptors (Lipinski definition) is 2. The average molecular weight is 266 g/mol. The van der Waals surface area contributed by atoms with Gasteiger partial charge in [-0.2, -0.15) is 0 Å². The molecule has 0 radical (unpaired) electrons. The Labute approximate surface area is 97.1 Å². The molecule has 0 aliphatic rings. The second-order valence-electron chi connectivity index (χ2n) is 3.43. The zero-order chi connectivity index (χ0) is 10.8. The summed E-state index contributed by atoms with van der Waals surface area (Å²) in [6.07, 6.45) is 3.57. The highest BCUT2D eigenvalue weighted by atomic mass is 79.9. The maximum Gasteiger partial charge on any atom is 0.0995 e. The number of nitrogens with two attached hydrogens (primary N) is 1. The Hall–Kier alpha value is -1.13. The van der Waals surface area contributed by atoms with Crippen LogP contribution in [0.5, 0.6) is 0 Å². The number of nitrogens with zero attached hydrogens (tertiary/aromatic N) is 2. The molecule has 0 aliphatic carbocycles. The third-order valence-electron chi connectivity index (χ3n) is 2.25. The monoisotopic (exact) mass is 265 g/mol. The van der Waals surface area contributed by atoms with Crippen LogP contribution < -0.4 is 5.73 Å². The lowest BCUT2D eigenvalue weighted by molar-refractivity contribution is 0.751. The normalized spacial score (nSPS) is 12.7. The van der Waals surface area contributed by atoms with Gasteiger partial charge in [0.15, 0.2) is 0 Å². The first-order chi connectivity index (χ1) is 7.20. The van der Waals surface area contributed by atoms with E-state index in [9.17, 15) is 0 Å². The van der Waals surface area contributed by atoms with Crippen LogP contribution in [0.25, 0.3) is 5.69 Å². The van der Waals surface area contributed by atoms with Gasteiger partial charge in [-0.25, -0.2) is 4.98 Å². The van der Waals surface area contributed by atoms with Crippen molar-refractivity contribution < 1.29 is 0 Å². The van der Waals surface area contributed by atoms with Gasteiger partial charge in [0.25, 0.3) is 0 Å². The van der Waals surface area contributed by atoms with Gasteiger partial charge in [0.1, 0.15) is 0 Å². The van der Waals surface area contributed by atoms with Crippen LogP contribution >= 0.6 is 15.9 Å². The summed E-state index contributed by atoms with van der Waals surface area (Å²) in [5, 5.41) is 0. The van der Waals surface area contributed by atoms with Crippen molar-refractivity contribution in [3.63, 3.8) is 0 Å². The van der Waals surface area contributed by atoms with Crippen molar-refractivity contribution in [2.45, 2.75) is 13.0 Å². The number of benzene rings is 1. The molecule has 2 N–H and O–H groups in total. The van der Waals surface area contributed by atoms with Crippen molar-refractivity contribution >= 4 is 15.9 Å². The van der Waals surface area contributed by atoms with Gasteiger partial charge in [-0.3, -0.25) is 0 Å². The lowest BCUT2D eigenvalue weighted by atomic mass is 10.2. The number of aromatic nitrogens is 2. The fourth-order valence-corrected chi connectivity index (χ4v) is 1.97. The van der Waals surface area contributed by atoms with Crippen LogP contribution in [0.1, 0.15) is 18.7 Å². The SMILES string of the molecule is C[C@@H](N)c1cncn1-c1ccccc1Br. The fourth-order valence-electron chi connectivity index (χ4n) is 1.49. The summed E-state index contributed by atoms with van der Waals surface area (Å²) in [6.45, 7) is 1.95. The van der Waals surface area contributed by atoms with E-state index in [1.165, 1.54) is 0 Å². The van der Waals surface area contributed by atoms with E-state index in [-0.39, 0.29) is 6.04 Å². The Morgan fingerprint density at radius 1 is 1.40 bits per heavy atom. The van der Waals surface area contributed by atoms with Gasteiger partial charge in [-0.05, 0) is 35.0 Å². The van der Waals surface area contributed by atoms with Gasteiger partial charge in [-0.15, -0.1) is 0 Å². The van der Waals surface area contributed by atoms with E-state index in [1.807, 2.05) is 35.8 Å². The molecule has 1 heterocycles. The molecule has 0 saturated heterocycles. The van der Waals surface area contributed by atoms with Gasteiger partial charge in [0.05, 0.1) is 23.9 Å². The van der Waals surface area contributed by atoms with Gasteiger partial charge in [0.2, 0.25) is 0 Å². The van der Waals surface area contributed by atoms with Crippen LogP contribution in [0.2, 0.25) is 0 Å². The molecule has 0 spiro atoms. The van der Waals surface area contributed by atoms with Gasteiger partial charge in [-0.1, -0.05) is 12.1 Å². The van der Waals surface area contributed by atoms with E-state index in [1.54, 1.807) is 12.5 Å². The van der Waals surface area contributed by atoms with Crippen LogP contribution in [-0.2, 0) is 0 Å². The van der Waals surface area contributed by atoms with Crippen molar-refractivity contribution in [2.24, 2.45) is 5.73 Å². The summed E-state index contributed by atoms with van der Waals surface area (Å²) in [5.41, 5.74) is 7.93. The molecule has 0 amide bonds. The topological polar surface area (TPSA) is 43.8 Å². The average Bonchev–Trinajstić information content (AvgIpc) is 2.67. The highest BCUT2D eigenvalue weighted by Crippen LogP contribution is 2.23. The number of imidazole rings is 1. The maximum absolute atomic E-state index is 5.87. The lowest BCUT2D eigenvalue weighted by Gasteiger charge is -2.11. The van der Waals surface area contributed by atoms with E-state index in [0.29, 0.717) is 0 Å². The molecule has 1 atom stereocenters. The summed E-state index contributed by atoms with van der Waals surface area (Å²) in [5.74, 6) is 0. The molecule has 15 heavy (non-hydrogen) atoms. The predicted octanol–water partition coefficient (Wildman–Crippen LogP) is 2.65. The Bertz CT molecular complexity index is 462. The highest BCUT2D eigenvalue weighted by molar-refractivity contribution is 9.10. The Morgan fingerprint density at radius 3 is 2.80 bits per heavy atom. The smallest absolute Gasteiger partial charge is 0.0995 e. The molecule has 0 aliphatic heterocycles. The van der Waals surface area contributed by atoms with E-state index in [2.05, 4.69) is 20.9 Å². The van der Waals surface area contributed by atoms with E-state index in [4.69, 9.17) is 5.73 Å². The van der Waals surface area contributed by atoms with Crippen LogP contribution in [0.3, 0.4) is 0 Å². The first-order valence-electron chi connectivity index (χ1n) is 4.73. The minimum Gasteiger partial charge on any atom is -0.323 e. The molecule has 2 rings (SSSR count). The van der Waals surface area contributed by atoms with E-state index < -0.39 is 0 Å². The fraction of sp³-hybridized carbons (Fsp3) is 0.182. The molecule has 0 saturated carbocycles. The Morgan fingerprint density at radius 2 is 2.13 bits per heavy atom. The van der Waals surface area contributed by atoms with Gasteiger partial charge in [0, 0.05) is 10.5 Å². The molecule has 1 aromatic carbocycles. The molecular formula is C11H12BrN3. The highest BCUT2D eigenvalue weighted by Gasteiger charge is 2.09. The zero-order valence-corrected chi connectivity index (χ0v) is 9.98. The molecule has 0 unspecified atom stereocenters. The first-order valence-corrected chi connectivity index (χ1v) is 5.52. The minimum absolute atomic E-state index is 0.0281. The number of rotatable bonds is 2. The lowest BCUT2D eigenvalue weighted by Crippen LogP contribution is -2.10. The quantitative estimate of drug-likeness (QED) is 0.908. The Balaban J connectivity index is 2.55. The van der Waals surface area contributed by atoms with Crippen molar-refractivity contribution in [3.8, 4) is 5.69 Å². The molecule has 0 fully saturated rings. The third-order valence-corrected chi connectivity index (χ3v) is 2.92. The summed E-state index contributed by atoms with van der Waals surface area (Å²) in [7, 11) is 0. The van der Waals surface area contributed by atoms with Crippen LogP contribution in [0.4, 0.5) is 0 Å². The van der Waals surface area contributed by atoms with Crippen LogP contribution in [0.15, 0.2) is 41.3 Å². The van der Waals surface area contributed by atoms with Crippen LogP contribution in [0, 0.1) is 0 Å². The molecule has 4 heteroatoms. The number of halogens is 1. The van der Waals surface area contributed by atoms with Gasteiger partial charge < -0.3 is 10.3 Å². The van der Waals surface area contributed by atoms with E-state index in [0.717, 1.165) is 15.9 Å². The minimum atomic E-state index is -0.0281. The van der Waals surface area contributed by atoms with Crippen molar-refractivity contribution in [3.05, 3.63) is 47.0 Å². The molecule has 78 valence electrons. The summed E-state index contributed by atoms with van der Waals surface area (Å²) < 4.78 is 3.03. The molecule has 3 nitrogen and oxygen atoms in total. The summed E-state index contributed by atoms with van der Waals surface area (Å²) >= 11 is 3.51. The van der Waals surface area contributed by atoms with Crippen molar-refractivity contribution in [1.29, 1.82) is 0 Å². The van der Waals surface area contributed by atoms with E-state index >= 15 is 0 Å². The molecule has 1 aromatic heterocycles. The number of para-hydroxylation sites is 1. The summed E-state index contributed by atoms with van der Waals surface area (Å²) in [6, 6.07) is 7.97. The Kier molecular flexibility index (Phi) is 2.88. The second kappa shape index (κ2) is 4.16. The largest absolute Gasteiger partial charge is 0.323 e. The predicted molar refractivity (Wildman–Crippen MR) is 63.9 cm³/mol. The van der Waals surface area contributed by atoms with Crippen LogP contribution in [-0.4, -0.2) is 9.55 Å². The number of hydrogen-bond donors (Lipinski definition) is 1. The second-order valence-corrected chi connectivity index (χ2v) is 4.28. The van der Waals surface area contributed by atoms with Crippen molar-refractivity contribution in [1.82, 2.24) is 9.55 Å². The van der Waals surface area contributed by atoms with Crippen molar-refractivity contribution in [2.75, 3.05) is 0 Å². The molecule has 2 aromatic rings. The third kappa shape index (κ3) is 1.96. The standard InChI is InChI=1S/C11H12BrN3/c1-8(13)11-6-14-7-15(11)10-5-3-2-4-9(10)12/h2-8H,13H2,1H3/t8-/m1/s1. The molecule has 0 bridgehead atoms. The molecular weight excluding hydrogens is 254 g/mol. The zero-order valence-electron chi connectivity index (χ0n) is 8.39.